The van der Waals surface area contributed by atoms with Gasteiger partial charge in [-0.05, 0) is 25.7 Å². The molecule has 98 valence electrons. The Balaban J connectivity index is 2.38. The minimum Gasteiger partial charge on any atom is -0.481 e. The Bertz CT molecular complexity index is 300. The van der Waals surface area contributed by atoms with E-state index >= 15 is 0 Å². The molecule has 1 rings (SSSR count). The van der Waals surface area contributed by atoms with Crippen LogP contribution < -0.4 is 11.1 Å². The number of hydrogen-bond acceptors (Lipinski definition) is 4. The van der Waals surface area contributed by atoms with Gasteiger partial charge in [-0.3, -0.25) is 9.59 Å². The summed E-state index contributed by atoms with van der Waals surface area (Å²) in [5.74, 6) is -0.959. The van der Waals surface area contributed by atoms with E-state index in [2.05, 4.69) is 5.32 Å². The van der Waals surface area contributed by atoms with Crippen LogP contribution in [0.5, 0.6) is 0 Å². The molecule has 0 aromatic rings. The predicted octanol–water partition coefficient (Wildman–Crippen LogP) is -0.280. The molecule has 4 N–H and O–H groups in total. The predicted molar refractivity (Wildman–Crippen MR) is 61.4 cm³/mol. The van der Waals surface area contributed by atoms with Crippen LogP contribution >= 0.6 is 0 Å². The smallest absolute Gasteiger partial charge is 0.306 e. The van der Waals surface area contributed by atoms with Crippen LogP contribution in [0.4, 0.5) is 0 Å². The van der Waals surface area contributed by atoms with Gasteiger partial charge in [0.15, 0.2) is 0 Å². The molecule has 1 aliphatic rings. The first kappa shape index (κ1) is 13.9. The molecular weight excluding hydrogens is 224 g/mol. The lowest BCUT2D eigenvalue weighted by atomic mass is 9.96. The molecule has 0 aliphatic heterocycles. The van der Waals surface area contributed by atoms with Gasteiger partial charge in [-0.25, -0.2) is 0 Å². The van der Waals surface area contributed by atoms with E-state index < -0.39 is 17.6 Å². The first-order valence-corrected chi connectivity index (χ1v) is 5.69. The van der Waals surface area contributed by atoms with Crippen molar-refractivity contribution < 1.29 is 19.4 Å². The molecular formula is C11H20N2O4. The first-order valence-electron chi connectivity index (χ1n) is 5.69. The molecule has 1 fully saturated rings. The van der Waals surface area contributed by atoms with Gasteiger partial charge in [-0.15, -0.1) is 0 Å². The number of amides is 1. The average molecular weight is 244 g/mol. The van der Waals surface area contributed by atoms with Gasteiger partial charge in [0.25, 0.3) is 0 Å². The average Bonchev–Trinajstić information content (AvgIpc) is 3.06. The van der Waals surface area contributed by atoms with Crippen molar-refractivity contribution in [3.8, 4) is 0 Å². The fourth-order valence-corrected chi connectivity index (χ4v) is 1.70. The lowest BCUT2D eigenvalue weighted by Gasteiger charge is -2.24. The van der Waals surface area contributed by atoms with Crippen LogP contribution in [0.15, 0.2) is 0 Å². The van der Waals surface area contributed by atoms with Gasteiger partial charge in [0.05, 0.1) is 18.1 Å². The van der Waals surface area contributed by atoms with Crippen LogP contribution in [-0.4, -0.2) is 42.3 Å². The van der Waals surface area contributed by atoms with Gasteiger partial charge in [0, 0.05) is 13.7 Å². The lowest BCUT2D eigenvalue weighted by molar-refractivity contribution is -0.140. The Morgan fingerprint density at radius 1 is 1.59 bits per heavy atom. The Kier molecular flexibility index (Phi) is 4.47. The van der Waals surface area contributed by atoms with Crippen LogP contribution in [0.25, 0.3) is 0 Å². The molecule has 0 spiro atoms. The number of carbonyl (C=O) groups is 2. The second-order valence-corrected chi connectivity index (χ2v) is 4.72. The quantitative estimate of drug-likeness (QED) is 0.571. The van der Waals surface area contributed by atoms with E-state index in [1.54, 1.807) is 6.92 Å². The highest BCUT2D eigenvalue weighted by molar-refractivity contribution is 5.86. The maximum absolute atomic E-state index is 11.8. The van der Waals surface area contributed by atoms with Gasteiger partial charge in [0.1, 0.15) is 0 Å². The number of carbonyl (C=O) groups excluding carboxylic acids is 1. The van der Waals surface area contributed by atoms with Crippen molar-refractivity contribution in [1.29, 1.82) is 0 Å². The Morgan fingerprint density at radius 3 is 2.59 bits per heavy atom. The van der Waals surface area contributed by atoms with E-state index in [1.807, 2.05) is 0 Å². The molecule has 0 aromatic heterocycles. The highest BCUT2D eigenvalue weighted by Gasteiger charge is 2.44. The minimum atomic E-state index is -0.955. The summed E-state index contributed by atoms with van der Waals surface area (Å²) in [5, 5.41) is 11.3. The van der Waals surface area contributed by atoms with Crippen molar-refractivity contribution in [3.63, 3.8) is 0 Å². The van der Waals surface area contributed by atoms with Crippen LogP contribution in [0.2, 0.25) is 0 Å². The van der Waals surface area contributed by atoms with Gasteiger partial charge < -0.3 is 20.9 Å². The fourth-order valence-electron chi connectivity index (χ4n) is 1.70. The van der Waals surface area contributed by atoms with E-state index in [0.717, 1.165) is 12.8 Å². The van der Waals surface area contributed by atoms with Crippen molar-refractivity contribution in [2.24, 2.45) is 11.7 Å². The standard InChI is InChI=1S/C11H20N2O4/c1-11(12,7-3-4-7)10(16)13-6-8(17-2)5-9(14)15/h7-8H,3-6,12H2,1-2H3,(H,13,16)(H,14,15). The number of ether oxygens (including phenoxy) is 1. The third kappa shape index (κ3) is 3.98. The molecule has 1 amide bonds. The molecule has 2 atom stereocenters. The zero-order valence-electron chi connectivity index (χ0n) is 10.2. The van der Waals surface area contributed by atoms with Crippen molar-refractivity contribution in [3.05, 3.63) is 0 Å². The summed E-state index contributed by atoms with van der Waals surface area (Å²) in [4.78, 5) is 22.3. The van der Waals surface area contributed by atoms with Gasteiger partial charge in [-0.1, -0.05) is 0 Å². The summed E-state index contributed by atoms with van der Waals surface area (Å²) in [6.45, 7) is 1.88. The molecule has 17 heavy (non-hydrogen) atoms. The zero-order chi connectivity index (χ0) is 13.1. The van der Waals surface area contributed by atoms with E-state index in [4.69, 9.17) is 15.6 Å². The van der Waals surface area contributed by atoms with E-state index in [-0.39, 0.29) is 24.8 Å². The normalized spacial score (nSPS) is 20.4. The van der Waals surface area contributed by atoms with Crippen LogP contribution in [0, 0.1) is 5.92 Å². The summed E-state index contributed by atoms with van der Waals surface area (Å²) >= 11 is 0. The van der Waals surface area contributed by atoms with Crippen LogP contribution in [0.3, 0.4) is 0 Å². The molecule has 0 heterocycles. The largest absolute Gasteiger partial charge is 0.481 e. The van der Waals surface area contributed by atoms with Crippen molar-refractivity contribution >= 4 is 11.9 Å². The highest BCUT2D eigenvalue weighted by Crippen LogP contribution is 2.38. The number of nitrogens with one attached hydrogen (secondary N) is 1. The first-order chi connectivity index (χ1) is 7.87. The maximum atomic E-state index is 11.8. The molecule has 0 radical (unpaired) electrons. The van der Waals surface area contributed by atoms with Crippen LogP contribution in [0.1, 0.15) is 26.2 Å². The SMILES string of the molecule is COC(CNC(=O)C(C)(N)C1CC1)CC(=O)O. The molecule has 6 nitrogen and oxygen atoms in total. The highest BCUT2D eigenvalue weighted by atomic mass is 16.5. The van der Waals surface area contributed by atoms with Gasteiger partial charge >= 0.3 is 5.97 Å². The van der Waals surface area contributed by atoms with Gasteiger partial charge in [0.2, 0.25) is 5.91 Å². The summed E-state index contributed by atoms with van der Waals surface area (Å²) < 4.78 is 4.96. The summed E-state index contributed by atoms with van der Waals surface area (Å²) in [5.41, 5.74) is 5.07. The van der Waals surface area contributed by atoms with Crippen molar-refractivity contribution in [1.82, 2.24) is 5.32 Å². The molecule has 1 saturated carbocycles. The van der Waals surface area contributed by atoms with E-state index in [1.165, 1.54) is 7.11 Å². The van der Waals surface area contributed by atoms with Crippen LogP contribution in [-0.2, 0) is 14.3 Å². The fraction of sp³-hybridized carbons (Fsp3) is 0.818. The Morgan fingerprint density at radius 2 is 2.18 bits per heavy atom. The molecule has 2 unspecified atom stereocenters. The maximum Gasteiger partial charge on any atom is 0.306 e. The summed E-state index contributed by atoms with van der Waals surface area (Å²) in [6, 6.07) is 0. The Labute approximate surface area is 101 Å². The van der Waals surface area contributed by atoms with E-state index in [0.29, 0.717) is 0 Å². The van der Waals surface area contributed by atoms with Crippen molar-refractivity contribution in [2.45, 2.75) is 37.8 Å². The summed E-state index contributed by atoms with van der Waals surface area (Å²) in [7, 11) is 1.42. The number of aliphatic carboxylic acids is 1. The minimum absolute atomic E-state index is 0.137. The lowest BCUT2D eigenvalue weighted by Crippen LogP contribution is -2.54. The number of hydrogen-bond donors (Lipinski definition) is 3. The van der Waals surface area contributed by atoms with E-state index in [9.17, 15) is 9.59 Å². The monoisotopic (exact) mass is 244 g/mol. The number of carboxylic acid groups (broad SMARTS) is 1. The third-order valence-electron chi connectivity index (χ3n) is 3.14. The zero-order valence-corrected chi connectivity index (χ0v) is 10.2. The third-order valence-corrected chi connectivity index (χ3v) is 3.14. The van der Waals surface area contributed by atoms with Gasteiger partial charge in [-0.2, -0.15) is 0 Å². The second-order valence-electron chi connectivity index (χ2n) is 4.72. The Hall–Kier alpha value is -1.14. The van der Waals surface area contributed by atoms with Crippen molar-refractivity contribution in [2.75, 3.05) is 13.7 Å². The number of methoxy groups -OCH3 is 1. The molecule has 1 aliphatic carbocycles. The molecule has 0 saturated heterocycles. The number of rotatable bonds is 7. The summed E-state index contributed by atoms with van der Waals surface area (Å²) in [6.07, 6.45) is 1.29. The number of nitrogens with two attached hydrogens (primary N) is 1. The molecule has 0 bridgehead atoms. The molecule has 6 heteroatoms. The topological polar surface area (TPSA) is 102 Å². The second kappa shape index (κ2) is 5.46. The number of carboxylic acids is 1. The molecule has 0 aromatic carbocycles.